The SMILES string of the molecule is COc1ccc(C2=C(c3ccc(OC)cc3)[C@@]3(c4ccccc4)C(=O)[C@]2(c2ccccc2)[C@H]2C(=O)N(c4ccc(Br)cc4[N+](=O)[O-])C(=O)[C@@H]23)cc1. The number of rotatable bonds is 8. The number of halogens is 1. The van der Waals surface area contributed by atoms with Crippen molar-refractivity contribution in [3.63, 3.8) is 0 Å². The molecule has 0 unspecified atom stereocenters. The van der Waals surface area contributed by atoms with Crippen LogP contribution in [-0.4, -0.2) is 36.7 Å². The Bertz CT molecular complexity index is 2160. The molecule has 1 saturated carbocycles. The maximum atomic E-state index is 16.1. The Kier molecular flexibility index (Phi) is 7.53. The van der Waals surface area contributed by atoms with E-state index in [1.807, 2.05) is 84.9 Å². The topological polar surface area (TPSA) is 116 Å². The number of allylic oxidation sites excluding steroid dienone is 2. The minimum Gasteiger partial charge on any atom is -0.497 e. The Balaban J connectivity index is 1.54. The first-order valence-electron chi connectivity index (χ1n) is 16.2. The van der Waals surface area contributed by atoms with Gasteiger partial charge >= 0.3 is 0 Å². The summed E-state index contributed by atoms with van der Waals surface area (Å²) in [6, 6.07) is 37.1. The number of hydrogen-bond acceptors (Lipinski definition) is 7. The number of carbonyl (C=O) groups excluding carboxylic acids is 3. The van der Waals surface area contributed by atoms with Gasteiger partial charge in [0.25, 0.3) is 5.69 Å². The van der Waals surface area contributed by atoms with Crippen molar-refractivity contribution in [2.75, 3.05) is 19.1 Å². The Morgan fingerprint density at radius 2 is 1.08 bits per heavy atom. The number of ether oxygens (including phenoxy) is 2. The molecule has 2 fully saturated rings. The highest BCUT2D eigenvalue weighted by atomic mass is 79.9. The van der Waals surface area contributed by atoms with Gasteiger partial charge in [0, 0.05) is 10.5 Å². The number of imide groups is 1. The zero-order chi connectivity index (χ0) is 35.7. The molecule has 0 radical (unpaired) electrons. The van der Waals surface area contributed by atoms with Crippen molar-refractivity contribution in [3.05, 3.63) is 164 Å². The van der Waals surface area contributed by atoms with E-state index in [0.717, 1.165) is 4.90 Å². The summed E-state index contributed by atoms with van der Waals surface area (Å²) in [4.78, 5) is 59.2. The van der Waals surface area contributed by atoms with E-state index in [2.05, 4.69) is 15.9 Å². The van der Waals surface area contributed by atoms with Crippen molar-refractivity contribution in [1.29, 1.82) is 0 Å². The summed E-state index contributed by atoms with van der Waals surface area (Å²) in [5.74, 6) is -2.92. The quantitative estimate of drug-likeness (QED) is 0.0916. The molecule has 0 spiro atoms. The van der Waals surface area contributed by atoms with Gasteiger partial charge in [0.1, 0.15) is 17.2 Å². The number of fused-ring (bicyclic) bond motifs is 5. The van der Waals surface area contributed by atoms with Crippen LogP contribution in [0, 0.1) is 22.0 Å². The third-order valence-electron chi connectivity index (χ3n) is 10.6. The van der Waals surface area contributed by atoms with Crippen LogP contribution < -0.4 is 14.4 Å². The lowest BCUT2D eigenvalue weighted by Gasteiger charge is -2.39. The van der Waals surface area contributed by atoms with E-state index in [0.29, 0.717) is 49.4 Å². The first-order valence-corrected chi connectivity index (χ1v) is 17.0. The van der Waals surface area contributed by atoms with Crippen molar-refractivity contribution in [2.45, 2.75) is 10.8 Å². The van der Waals surface area contributed by atoms with Crippen molar-refractivity contribution >= 4 is 56.0 Å². The second-order valence-corrected chi connectivity index (χ2v) is 13.7. The number of nitro benzene ring substituents is 1. The van der Waals surface area contributed by atoms with Crippen molar-refractivity contribution in [2.24, 2.45) is 11.8 Å². The second kappa shape index (κ2) is 11.9. The van der Waals surface area contributed by atoms with Gasteiger partial charge in [0.15, 0.2) is 5.78 Å². The van der Waals surface area contributed by atoms with Gasteiger partial charge in [-0.05, 0) is 69.8 Å². The van der Waals surface area contributed by atoms with Crippen LogP contribution >= 0.6 is 15.9 Å². The van der Waals surface area contributed by atoms with Gasteiger partial charge in [0.2, 0.25) is 11.8 Å². The summed E-state index contributed by atoms with van der Waals surface area (Å²) in [6.45, 7) is 0. The monoisotopic (exact) mass is 740 g/mol. The van der Waals surface area contributed by atoms with Crippen molar-refractivity contribution in [3.8, 4) is 11.5 Å². The molecule has 10 heteroatoms. The summed E-state index contributed by atoms with van der Waals surface area (Å²) in [7, 11) is 3.13. The van der Waals surface area contributed by atoms with E-state index in [9.17, 15) is 10.1 Å². The molecule has 2 amide bonds. The van der Waals surface area contributed by atoms with Crippen LogP contribution in [0.1, 0.15) is 22.3 Å². The number of amides is 2. The van der Waals surface area contributed by atoms with E-state index < -0.39 is 45.1 Å². The predicted octanol–water partition coefficient (Wildman–Crippen LogP) is 7.56. The Labute approximate surface area is 301 Å². The second-order valence-electron chi connectivity index (χ2n) is 12.7. The lowest BCUT2D eigenvalue weighted by atomic mass is 9.59. The maximum absolute atomic E-state index is 16.1. The summed E-state index contributed by atoms with van der Waals surface area (Å²) in [5.41, 5.74) is -0.291. The summed E-state index contributed by atoms with van der Waals surface area (Å²) in [5, 5.41) is 12.4. The molecule has 0 aromatic heterocycles. The largest absolute Gasteiger partial charge is 0.497 e. The Morgan fingerprint density at radius 1 is 0.647 bits per heavy atom. The van der Waals surface area contributed by atoms with E-state index >= 15 is 14.4 Å². The number of ketones is 1. The van der Waals surface area contributed by atoms with Crippen LogP contribution in [0.5, 0.6) is 11.5 Å². The van der Waals surface area contributed by atoms with Crippen LogP contribution in [0.15, 0.2) is 132 Å². The summed E-state index contributed by atoms with van der Waals surface area (Å²) < 4.78 is 11.4. The molecule has 2 aliphatic carbocycles. The average Bonchev–Trinajstić information content (AvgIpc) is 3.67. The number of Topliss-reactive ketones (excluding diaryl/α,β-unsaturated/α-hetero) is 1. The summed E-state index contributed by atoms with van der Waals surface area (Å²) in [6.07, 6.45) is 0. The van der Waals surface area contributed by atoms with Crippen LogP contribution in [0.3, 0.4) is 0 Å². The van der Waals surface area contributed by atoms with Gasteiger partial charge in [-0.3, -0.25) is 24.5 Å². The number of benzene rings is 5. The van der Waals surface area contributed by atoms with Gasteiger partial charge in [-0.1, -0.05) is 101 Å². The van der Waals surface area contributed by atoms with Crippen LogP contribution in [0.2, 0.25) is 0 Å². The molecule has 1 aliphatic heterocycles. The van der Waals surface area contributed by atoms with Gasteiger partial charge in [0.05, 0.1) is 41.8 Å². The zero-order valence-electron chi connectivity index (χ0n) is 27.4. The van der Waals surface area contributed by atoms with Crippen LogP contribution in [0.4, 0.5) is 11.4 Å². The van der Waals surface area contributed by atoms with E-state index in [1.54, 1.807) is 44.6 Å². The molecule has 9 nitrogen and oxygen atoms in total. The number of anilines is 1. The number of methoxy groups -OCH3 is 2. The third kappa shape index (κ3) is 4.29. The fourth-order valence-corrected chi connectivity index (χ4v) is 9.06. The van der Waals surface area contributed by atoms with Crippen molar-refractivity contribution in [1.82, 2.24) is 0 Å². The highest BCUT2D eigenvalue weighted by molar-refractivity contribution is 9.10. The fourth-order valence-electron chi connectivity index (χ4n) is 8.71. The minimum atomic E-state index is -1.67. The fraction of sp³-hybridized carbons (Fsp3) is 0.146. The van der Waals surface area contributed by atoms with Gasteiger partial charge in [-0.25, -0.2) is 4.90 Å². The molecular formula is C41H29BrN2O7. The Morgan fingerprint density at radius 3 is 1.47 bits per heavy atom. The molecular weight excluding hydrogens is 712 g/mol. The average molecular weight is 742 g/mol. The third-order valence-corrected chi connectivity index (χ3v) is 11.1. The summed E-state index contributed by atoms with van der Waals surface area (Å²) >= 11 is 3.29. The molecule has 2 bridgehead atoms. The smallest absolute Gasteiger partial charge is 0.294 e. The molecule has 5 aromatic rings. The predicted molar refractivity (Wildman–Crippen MR) is 194 cm³/mol. The standard InChI is InChI=1S/C41H29BrN2O7/c1-50-29-18-13-24(14-19-29)33-34(25-15-20-30(51-2)21-16-25)41(27-11-7-4-8-12-27)36-35(40(33,39(41)47)26-9-5-3-6-10-26)37(45)43(38(36)46)31-22-17-28(42)23-32(31)44(48)49/h3-23,35-36H,1-2H3/t35-,36-,40-,41+/m1/s1. The molecule has 51 heavy (non-hydrogen) atoms. The normalized spacial score (nSPS) is 23.5. The lowest BCUT2D eigenvalue weighted by Crippen LogP contribution is -2.45. The minimum absolute atomic E-state index is 0.150. The lowest BCUT2D eigenvalue weighted by molar-refractivity contribution is -0.384. The Hall–Kier alpha value is -5.87. The van der Waals surface area contributed by atoms with Crippen LogP contribution in [-0.2, 0) is 25.2 Å². The maximum Gasteiger partial charge on any atom is 0.294 e. The molecule has 8 rings (SSSR count). The van der Waals surface area contributed by atoms with E-state index in [4.69, 9.17) is 9.47 Å². The first kappa shape index (κ1) is 32.3. The van der Waals surface area contributed by atoms with Gasteiger partial charge in [-0.15, -0.1) is 0 Å². The molecule has 1 saturated heterocycles. The highest BCUT2D eigenvalue weighted by Gasteiger charge is 2.83. The first-order chi connectivity index (χ1) is 24.7. The van der Waals surface area contributed by atoms with Gasteiger partial charge in [-0.2, -0.15) is 0 Å². The van der Waals surface area contributed by atoms with Crippen LogP contribution in [0.25, 0.3) is 11.1 Å². The van der Waals surface area contributed by atoms with E-state index in [-0.39, 0.29) is 11.5 Å². The zero-order valence-corrected chi connectivity index (χ0v) is 29.0. The highest BCUT2D eigenvalue weighted by Crippen LogP contribution is 2.74. The molecule has 252 valence electrons. The van der Waals surface area contributed by atoms with E-state index in [1.165, 1.54) is 12.1 Å². The number of nitrogens with zero attached hydrogens (tertiary/aromatic N) is 2. The molecule has 1 heterocycles. The number of hydrogen-bond donors (Lipinski definition) is 0. The molecule has 3 aliphatic rings. The van der Waals surface area contributed by atoms with Gasteiger partial charge < -0.3 is 9.47 Å². The number of nitro groups is 1. The molecule has 5 aromatic carbocycles. The molecule has 4 atom stereocenters. The van der Waals surface area contributed by atoms with Crippen molar-refractivity contribution < 1.29 is 28.8 Å². The molecule has 0 N–H and O–H groups in total. The number of carbonyl (C=O) groups is 3.